The van der Waals surface area contributed by atoms with E-state index in [4.69, 9.17) is 0 Å². The Labute approximate surface area is 198 Å². The van der Waals surface area contributed by atoms with E-state index in [-0.39, 0.29) is 17.4 Å². The standard InChI is InChI=1S/C25H45N5O3/c1-5-7-9-12-16-29(17-13-10-8-6-2)19-21(31)15-11-14-18-30-24(32)22-23(26-20-27(22)3)28(4)25(30)33/h20-21,31H,5-19H2,1-4H3. The summed E-state index contributed by atoms with van der Waals surface area (Å²) in [5, 5.41) is 10.6. The maximum absolute atomic E-state index is 12.8. The number of aliphatic hydroxyl groups excluding tert-OH is 1. The van der Waals surface area contributed by atoms with Crippen molar-refractivity contribution < 1.29 is 5.11 Å². The van der Waals surface area contributed by atoms with Crippen LogP contribution in [0.15, 0.2) is 15.9 Å². The van der Waals surface area contributed by atoms with Gasteiger partial charge in [-0.1, -0.05) is 52.4 Å². The minimum absolute atomic E-state index is 0.293. The first kappa shape index (κ1) is 27.3. The van der Waals surface area contributed by atoms with E-state index in [2.05, 4.69) is 23.7 Å². The predicted octanol–water partition coefficient (Wildman–Crippen LogP) is 3.43. The minimum Gasteiger partial charge on any atom is -0.392 e. The Hall–Kier alpha value is -1.93. The third kappa shape index (κ3) is 8.10. The zero-order valence-electron chi connectivity index (χ0n) is 21.3. The number of hydrogen-bond acceptors (Lipinski definition) is 5. The van der Waals surface area contributed by atoms with Crippen LogP contribution in [-0.4, -0.2) is 54.4 Å². The Morgan fingerprint density at radius 3 is 2.18 bits per heavy atom. The van der Waals surface area contributed by atoms with Crippen molar-refractivity contribution >= 4 is 11.2 Å². The Morgan fingerprint density at radius 2 is 1.58 bits per heavy atom. The number of aryl methyl sites for hydroxylation is 2. The van der Waals surface area contributed by atoms with E-state index in [1.54, 1.807) is 25.0 Å². The summed E-state index contributed by atoms with van der Waals surface area (Å²) >= 11 is 0. The summed E-state index contributed by atoms with van der Waals surface area (Å²) in [7, 11) is 3.41. The van der Waals surface area contributed by atoms with Crippen molar-refractivity contribution in [3.05, 3.63) is 27.2 Å². The van der Waals surface area contributed by atoms with E-state index < -0.39 is 0 Å². The second-order valence-corrected chi connectivity index (χ2v) is 9.40. The molecular formula is C25H45N5O3. The van der Waals surface area contributed by atoms with Crippen molar-refractivity contribution in [2.75, 3.05) is 19.6 Å². The van der Waals surface area contributed by atoms with Gasteiger partial charge >= 0.3 is 5.69 Å². The van der Waals surface area contributed by atoms with Gasteiger partial charge in [-0.25, -0.2) is 9.78 Å². The molecule has 33 heavy (non-hydrogen) atoms. The lowest BCUT2D eigenvalue weighted by Crippen LogP contribution is -2.39. The highest BCUT2D eigenvalue weighted by molar-refractivity contribution is 5.69. The number of hydrogen-bond donors (Lipinski definition) is 1. The molecule has 0 fully saturated rings. The van der Waals surface area contributed by atoms with Gasteiger partial charge in [0.05, 0.1) is 12.4 Å². The summed E-state index contributed by atoms with van der Waals surface area (Å²) in [6.45, 7) is 7.63. The van der Waals surface area contributed by atoms with Gasteiger partial charge in [0.15, 0.2) is 11.2 Å². The third-order valence-electron chi connectivity index (χ3n) is 6.49. The van der Waals surface area contributed by atoms with Crippen molar-refractivity contribution in [3.63, 3.8) is 0 Å². The Balaban J connectivity index is 1.85. The average molecular weight is 464 g/mol. The molecule has 8 heteroatoms. The fraction of sp³-hybridized carbons (Fsp3) is 0.800. The molecule has 2 heterocycles. The van der Waals surface area contributed by atoms with E-state index in [9.17, 15) is 14.7 Å². The smallest absolute Gasteiger partial charge is 0.332 e. The summed E-state index contributed by atoms with van der Waals surface area (Å²) < 4.78 is 4.39. The summed E-state index contributed by atoms with van der Waals surface area (Å²) in [6.07, 6.45) is 13.2. The van der Waals surface area contributed by atoms with Crippen LogP contribution in [0.4, 0.5) is 0 Å². The van der Waals surface area contributed by atoms with Crippen molar-refractivity contribution in [2.24, 2.45) is 14.1 Å². The number of imidazole rings is 1. The van der Waals surface area contributed by atoms with Crippen molar-refractivity contribution in [2.45, 2.75) is 97.1 Å². The van der Waals surface area contributed by atoms with E-state index >= 15 is 0 Å². The largest absolute Gasteiger partial charge is 0.392 e. The van der Waals surface area contributed by atoms with Gasteiger partial charge in [-0.05, 0) is 45.2 Å². The molecule has 0 bridgehead atoms. The second-order valence-electron chi connectivity index (χ2n) is 9.40. The summed E-state index contributed by atoms with van der Waals surface area (Å²) in [4.78, 5) is 32.0. The number of aliphatic hydroxyl groups is 1. The number of unbranched alkanes of at least 4 members (excludes halogenated alkanes) is 7. The van der Waals surface area contributed by atoms with Crippen molar-refractivity contribution in [1.82, 2.24) is 23.6 Å². The molecule has 0 aromatic carbocycles. The van der Waals surface area contributed by atoms with Gasteiger partial charge in [0.25, 0.3) is 5.56 Å². The van der Waals surface area contributed by atoms with Crippen LogP contribution in [0.3, 0.4) is 0 Å². The molecule has 1 atom stereocenters. The molecule has 2 aromatic rings. The van der Waals surface area contributed by atoms with Crippen LogP contribution in [-0.2, 0) is 20.6 Å². The molecule has 8 nitrogen and oxygen atoms in total. The molecule has 0 radical (unpaired) electrons. The van der Waals surface area contributed by atoms with Crippen LogP contribution in [0.1, 0.15) is 84.5 Å². The first-order valence-corrected chi connectivity index (χ1v) is 12.9. The van der Waals surface area contributed by atoms with Crippen LogP contribution >= 0.6 is 0 Å². The fourth-order valence-corrected chi connectivity index (χ4v) is 4.45. The van der Waals surface area contributed by atoms with Gasteiger partial charge in [0.2, 0.25) is 0 Å². The highest BCUT2D eigenvalue weighted by Crippen LogP contribution is 2.10. The SMILES string of the molecule is CCCCCCN(CCCCCC)CC(O)CCCCn1c(=O)c2c(ncn2C)n(C)c1=O. The second kappa shape index (κ2) is 14.4. The van der Waals surface area contributed by atoms with Gasteiger partial charge in [0, 0.05) is 27.2 Å². The highest BCUT2D eigenvalue weighted by atomic mass is 16.3. The lowest BCUT2D eigenvalue weighted by Gasteiger charge is -2.25. The first-order chi connectivity index (χ1) is 15.9. The molecule has 0 aliphatic heterocycles. The molecule has 2 rings (SSSR count). The predicted molar refractivity (Wildman–Crippen MR) is 135 cm³/mol. The number of nitrogens with zero attached hydrogens (tertiary/aromatic N) is 5. The zero-order valence-corrected chi connectivity index (χ0v) is 21.3. The Kier molecular flexibility index (Phi) is 11.9. The number of fused-ring (bicyclic) bond motifs is 1. The molecule has 2 aromatic heterocycles. The lowest BCUT2D eigenvalue weighted by atomic mass is 10.1. The molecule has 0 saturated heterocycles. The molecule has 0 amide bonds. The van der Waals surface area contributed by atoms with Gasteiger partial charge in [0.1, 0.15) is 0 Å². The van der Waals surface area contributed by atoms with Crippen LogP contribution < -0.4 is 11.2 Å². The zero-order chi connectivity index (χ0) is 24.2. The first-order valence-electron chi connectivity index (χ1n) is 12.9. The van der Waals surface area contributed by atoms with Crippen LogP contribution in [0, 0.1) is 0 Å². The monoisotopic (exact) mass is 463 g/mol. The number of rotatable bonds is 17. The fourth-order valence-electron chi connectivity index (χ4n) is 4.45. The van der Waals surface area contributed by atoms with Crippen LogP contribution in [0.25, 0.3) is 11.2 Å². The molecule has 1 N–H and O–H groups in total. The van der Waals surface area contributed by atoms with Crippen LogP contribution in [0.5, 0.6) is 0 Å². The van der Waals surface area contributed by atoms with E-state index in [1.807, 2.05) is 0 Å². The Morgan fingerprint density at radius 1 is 0.939 bits per heavy atom. The maximum atomic E-state index is 12.8. The Bertz CT molecular complexity index is 934. The average Bonchev–Trinajstić information content (AvgIpc) is 3.19. The van der Waals surface area contributed by atoms with Crippen molar-refractivity contribution in [3.8, 4) is 0 Å². The van der Waals surface area contributed by atoms with Crippen LogP contribution in [0.2, 0.25) is 0 Å². The summed E-state index contributed by atoms with van der Waals surface area (Å²) in [5.41, 5.74) is 0.229. The van der Waals surface area contributed by atoms with Gasteiger partial charge in [-0.15, -0.1) is 0 Å². The minimum atomic E-state index is -0.374. The summed E-state index contributed by atoms with van der Waals surface area (Å²) in [6, 6.07) is 0. The van der Waals surface area contributed by atoms with Crippen molar-refractivity contribution in [1.29, 1.82) is 0 Å². The molecule has 0 aliphatic rings. The molecule has 1 unspecified atom stereocenters. The van der Waals surface area contributed by atoms with E-state index in [0.29, 0.717) is 37.1 Å². The number of aromatic nitrogens is 4. The lowest BCUT2D eigenvalue weighted by molar-refractivity contribution is 0.100. The van der Waals surface area contributed by atoms with Gasteiger partial charge in [-0.2, -0.15) is 0 Å². The molecule has 0 saturated carbocycles. The quantitative estimate of drug-likeness (QED) is 0.363. The maximum Gasteiger partial charge on any atom is 0.332 e. The molecular weight excluding hydrogens is 418 g/mol. The third-order valence-corrected chi connectivity index (χ3v) is 6.49. The highest BCUT2D eigenvalue weighted by Gasteiger charge is 2.15. The van der Waals surface area contributed by atoms with Gasteiger partial charge < -0.3 is 14.6 Å². The topological polar surface area (TPSA) is 85.3 Å². The van der Waals surface area contributed by atoms with E-state index in [0.717, 1.165) is 19.5 Å². The molecule has 0 aliphatic carbocycles. The molecule has 188 valence electrons. The molecule has 0 spiro atoms. The van der Waals surface area contributed by atoms with E-state index in [1.165, 1.54) is 60.5 Å². The summed E-state index contributed by atoms with van der Waals surface area (Å²) in [5.74, 6) is 0. The normalized spacial score (nSPS) is 12.8. The van der Waals surface area contributed by atoms with Gasteiger partial charge in [-0.3, -0.25) is 13.9 Å².